The van der Waals surface area contributed by atoms with Gasteiger partial charge in [-0.2, -0.15) is 0 Å². The molecular weight excluding hydrogens is 375 g/mol. The minimum Gasteiger partial charge on any atom is -0.464 e. The van der Waals surface area contributed by atoms with E-state index in [0.717, 1.165) is 38.0 Å². The van der Waals surface area contributed by atoms with Crippen molar-refractivity contribution in [1.29, 1.82) is 0 Å². The number of carbonyl (C=O) groups is 1. The molecule has 3 rings (SSSR count). The molecule has 6 nitrogen and oxygen atoms in total. The smallest absolute Gasteiger partial charge is 0.358 e. The van der Waals surface area contributed by atoms with E-state index in [9.17, 15) is 4.79 Å². The van der Waals surface area contributed by atoms with Crippen molar-refractivity contribution in [1.82, 2.24) is 15.1 Å². The number of esters is 1. The number of hydrogen-bond acceptors (Lipinski definition) is 6. The van der Waals surface area contributed by atoms with Crippen molar-refractivity contribution in [3.05, 3.63) is 51.6 Å². The Morgan fingerprint density at radius 1 is 1.19 bits per heavy atom. The lowest BCUT2D eigenvalue weighted by atomic mass is 10.0. The first-order valence-electron chi connectivity index (χ1n) is 8.40. The van der Waals surface area contributed by atoms with Crippen LogP contribution in [0.4, 0.5) is 5.82 Å². The average Bonchev–Trinajstić information content (AvgIpc) is 2.66. The summed E-state index contributed by atoms with van der Waals surface area (Å²) in [7, 11) is 1.32. The van der Waals surface area contributed by atoms with E-state index < -0.39 is 5.97 Å². The van der Waals surface area contributed by atoms with Crippen molar-refractivity contribution >= 4 is 35.0 Å². The van der Waals surface area contributed by atoms with E-state index in [-0.39, 0.29) is 5.69 Å². The summed E-state index contributed by atoms with van der Waals surface area (Å²) in [6.07, 6.45) is 2.00. The Bertz CT molecular complexity index is 762. The van der Waals surface area contributed by atoms with Gasteiger partial charge < -0.3 is 10.1 Å². The molecule has 0 atom stereocenters. The normalized spacial score (nSPS) is 15.7. The maximum absolute atomic E-state index is 11.4. The van der Waals surface area contributed by atoms with Crippen LogP contribution in [0.1, 0.15) is 28.9 Å². The molecule has 0 unspecified atom stereocenters. The number of ether oxygens (including phenoxy) is 1. The van der Waals surface area contributed by atoms with Gasteiger partial charge in [0.15, 0.2) is 5.69 Å². The maximum atomic E-state index is 11.4. The van der Waals surface area contributed by atoms with Gasteiger partial charge in [-0.1, -0.05) is 29.3 Å². The van der Waals surface area contributed by atoms with Crippen LogP contribution < -0.4 is 5.32 Å². The summed E-state index contributed by atoms with van der Waals surface area (Å²) in [6.45, 7) is 2.81. The van der Waals surface area contributed by atoms with Gasteiger partial charge in [0.1, 0.15) is 5.82 Å². The summed E-state index contributed by atoms with van der Waals surface area (Å²) in [5.41, 5.74) is 1.37. The number of aromatic nitrogens is 2. The van der Waals surface area contributed by atoms with Crippen LogP contribution in [-0.4, -0.2) is 47.3 Å². The number of anilines is 1. The molecule has 1 aromatic heterocycles. The van der Waals surface area contributed by atoms with E-state index in [4.69, 9.17) is 23.2 Å². The van der Waals surface area contributed by atoms with Crippen LogP contribution in [-0.2, 0) is 11.3 Å². The number of nitrogens with zero attached hydrogens (tertiary/aromatic N) is 3. The Morgan fingerprint density at radius 3 is 2.58 bits per heavy atom. The molecule has 2 aromatic rings. The zero-order chi connectivity index (χ0) is 18.5. The molecule has 1 N–H and O–H groups in total. The molecule has 1 aliphatic heterocycles. The van der Waals surface area contributed by atoms with Gasteiger partial charge in [-0.25, -0.2) is 4.79 Å². The van der Waals surface area contributed by atoms with Gasteiger partial charge in [-0.05, 0) is 42.7 Å². The third kappa shape index (κ3) is 4.84. The number of piperidine rings is 1. The van der Waals surface area contributed by atoms with Crippen molar-refractivity contribution in [2.24, 2.45) is 0 Å². The van der Waals surface area contributed by atoms with Gasteiger partial charge in [-0.3, -0.25) is 4.90 Å². The molecule has 1 fully saturated rings. The highest BCUT2D eigenvalue weighted by atomic mass is 35.5. The first-order chi connectivity index (χ1) is 12.5. The predicted octanol–water partition coefficient (Wildman–Crippen LogP) is 3.65. The van der Waals surface area contributed by atoms with Crippen LogP contribution >= 0.6 is 23.2 Å². The SMILES string of the molecule is COC(=O)c1ccc(NC2CCN(Cc3ccc(Cl)c(Cl)c3)CC2)nn1. The summed E-state index contributed by atoms with van der Waals surface area (Å²) in [6, 6.07) is 9.47. The van der Waals surface area contributed by atoms with Crippen LogP contribution in [0, 0.1) is 0 Å². The maximum Gasteiger partial charge on any atom is 0.358 e. The van der Waals surface area contributed by atoms with Crippen molar-refractivity contribution in [3.8, 4) is 0 Å². The number of methoxy groups -OCH3 is 1. The monoisotopic (exact) mass is 394 g/mol. The minimum absolute atomic E-state index is 0.203. The molecule has 1 aliphatic rings. The van der Waals surface area contributed by atoms with Crippen LogP contribution in [0.15, 0.2) is 30.3 Å². The van der Waals surface area contributed by atoms with Crippen LogP contribution in [0.3, 0.4) is 0 Å². The summed E-state index contributed by atoms with van der Waals surface area (Å²) in [5, 5.41) is 12.5. The number of hydrogen-bond donors (Lipinski definition) is 1. The molecule has 0 spiro atoms. The molecule has 8 heteroatoms. The first kappa shape index (κ1) is 18.9. The Kier molecular flexibility index (Phi) is 6.29. The number of nitrogens with one attached hydrogen (secondary N) is 1. The standard InChI is InChI=1S/C18H20Cl2N4O2/c1-26-18(25)16-4-5-17(23-22-16)21-13-6-8-24(9-7-13)11-12-2-3-14(19)15(20)10-12/h2-5,10,13H,6-9,11H2,1H3,(H,21,23). The van der Waals surface area contributed by atoms with E-state index in [1.54, 1.807) is 12.1 Å². The van der Waals surface area contributed by atoms with E-state index >= 15 is 0 Å². The Hall–Kier alpha value is -1.89. The number of rotatable bonds is 5. The van der Waals surface area contributed by atoms with Crippen LogP contribution in [0.25, 0.3) is 0 Å². The second-order valence-corrected chi connectivity index (χ2v) is 7.05. The first-order valence-corrected chi connectivity index (χ1v) is 9.15. The number of carbonyl (C=O) groups excluding carboxylic acids is 1. The third-order valence-corrected chi connectivity index (χ3v) is 5.13. The quantitative estimate of drug-likeness (QED) is 0.780. The van der Waals surface area contributed by atoms with Gasteiger partial charge in [0.25, 0.3) is 0 Å². The molecule has 0 amide bonds. The molecule has 1 saturated heterocycles. The molecule has 0 radical (unpaired) electrons. The highest BCUT2D eigenvalue weighted by Gasteiger charge is 2.20. The van der Waals surface area contributed by atoms with E-state index in [2.05, 4.69) is 25.2 Å². The zero-order valence-electron chi connectivity index (χ0n) is 14.4. The molecule has 0 saturated carbocycles. The lowest BCUT2D eigenvalue weighted by Crippen LogP contribution is -2.38. The Morgan fingerprint density at radius 2 is 1.96 bits per heavy atom. The van der Waals surface area contributed by atoms with Gasteiger partial charge in [0.2, 0.25) is 0 Å². The fourth-order valence-corrected chi connectivity index (χ4v) is 3.28. The van der Waals surface area contributed by atoms with Crippen LogP contribution in [0.5, 0.6) is 0 Å². The zero-order valence-corrected chi connectivity index (χ0v) is 15.9. The molecule has 0 aliphatic carbocycles. The average molecular weight is 395 g/mol. The predicted molar refractivity (Wildman–Crippen MR) is 102 cm³/mol. The summed E-state index contributed by atoms with van der Waals surface area (Å²) in [4.78, 5) is 13.8. The molecule has 26 heavy (non-hydrogen) atoms. The lowest BCUT2D eigenvalue weighted by Gasteiger charge is -2.32. The highest BCUT2D eigenvalue weighted by molar-refractivity contribution is 6.42. The molecule has 2 heterocycles. The Balaban J connectivity index is 1.49. The second-order valence-electron chi connectivity index (χ2n) is 6.24. The van der Waals surface area contributed by atoms with Crippen molar-refractivity contribution < 1.29 is 9.53 Å². The van der Waals surface area contributed by atoms with E-state index in [1.165, 1.54) is 7.11 Å². The molecule has 1 aromatic carbocycles. The van der Waals surface area contributed by atoms with Crippen molar-refractivity contribution in [2.75, 3.05) is 25.5 Å². The topological polar surface area (TPSA) is 67.3 Å². The lowest BCUT2D eigenvalue weighted by molar-refractivity contribution is 0.0593. The van der Waals surface area contributed by atoms with E-state index in [0.29, 0.717) is 21.9 Å². The molecule has 138 valence electrons. The van der Waals surface area contributed by atoms with Gasteiger partial charge in [-0.15, -0.1) is 10.2 Å². The fourth-order valence-electron chi connectivity index (χ4n) is 2.96. The highest BCUT2D eigenvalue weighted by Crippen LogP contribution is 2.24. The van der Waals surface area contributed by atoms with E-state index in [1.807, 2.05) is 18.2 Å². The minimum atomic E-state index is -0.486. The van der Waals surface area contributed by atoms with Gasteiger partial charge >= 0.3 is 5.97 Å². The largest absolute Gasteiger partial charge is 0.464 e. The number of benzene rings is 1. The third-order valence-electron chi connectivity index (χ3n) is 4.39. The Labute approximate surface area is 162 Å². The number of halogens is 2. The van der Waals surface area contributed by atoms with Crippen LogP contribution in [0.2, 0.25) is 10.0 Å². The summed E-state index contributed by atoms with van der Waals surface area (Å²) >= 11 is 12.0. The molecule has 0 bridgehead atoms. The van der Waals surface area contributed by atoms with Gasteiger partial charge in [0.05, 0.1) is 17.2 Å². The van der Waals surface area contributed by atoms with Crippen molar-refractivity contribution in [3.63, 3.8) is 0 Å². The number of likely N-dealkylation sites (tertiary alicyclic amines) is 1. The fraction of sp³-hybridized carbons (Fsp3) is 0.389. The molecular formula is C18H20Cl2N4O2. The van der Waals surface area contributed by atoms with Gasteiger partial charge in [0, 0.05) is 25.7 Å². The summed E-state index contributed by atoms with van der Waals surface area (Å²) < 4.78 is 4.62. The van der Waals surface area contributed by atoms with Crippen molar-refractivity contribution in [2.45, 2.75) is 25.4 Å². The summed E-state index contributed by atoms with van der Waals surface area (Å²) in [5.74, 6) is 0.181. The second kappa shape index (κ2) is 8.66.